The Bertz CT molecular complexity index is 223. The fourth-order valence-corrected chi connectivity index (χ4v) is 1.74. The number of methoxy groups -OCH3 is 1. The third-order valence-electron chi connectivity index (χ3n) is 2.51. The summed E-state index contributed by atoms with van der Waals surface area (Å²) in [6.07, 6.45) is -0.174. The normalized spacial score (nSPS) is 29.5. The Kier molecular flexibility index (Phi) is 3.29. The number of hydrogen-bond donors (Lipinski definition) is 1. The average molecular weight is 200 g/mol. The lowest BCUT2D eigenvalue weighted by Gasteiger charge is -2.23. The van der Waals surface area contributed by atoms with E-state index in [-0.39, 0.29) is 23.3 Å². The molecule has 0 spiro atoms. The Morgan fingerprint density at radius 3 is 2.50 bits per heavy atom. The highest BCUT2D eigenvalue weighted by Gasteiger charge is 2.40. The maximum atomic E-state index is 12.0. The molecule has 1 rings (SSSR count). The first-order chi connectivity index (χ1) is 6.36. The largest absolute Gasteiger partial charge is 0.365 e. The van der Waals surface area contributed by atoms with E-state index in [1.54, 1.807) is 7.11 Å². The maximum Gasteiger partial charge on any atom is 0.146 e. The summed E-state index contributed by atoms with van der Waals surface area (Å²) >= 11 is 0. The third-order valence-corrected chi connectivity index (χ3v) is 2.51. The second kappa shape index (κ2) is 3.96. The van der Waals surface area contributed by atoms with Gasteiger partial charge in [0.15, 0.2) is 0 Å². The zero-order valence-corrected chi connectivity index (χ0v) is 9.63. The zero-order chi connectivity index (χ0) is 10.9. The van der Waals surface area contributed by atoms with E-state index >= 15 is 0 Å². The summed E-state index contributed by atoms with van der Waals surface area (Å²) in [5.74, 6) is 0.186. The average Bonchev–Trinajstić information content (AvgIpc) is 2.43. The Morgan fingerprint density at radius 2 is 2.07 bits per heavy atom. The first kappa shape index (κ1) is 11.6. The van der Waals surface area contributed by atoms with Crippen LogP contribution >= 0.6 is 0 Å². The van der Waals surface area contributed by atoms with E-state index in [4.69, 9.17) is 4.74 Å². The fourth-order valence-electron chi connectivity index (χ4n) is 1.74. The lowest BCUT2D eigenvalue weighted by molar-refractivity contribution is -0.133. The van der Waals surface area contributed by atoms with Crippen molar-refractivity contribution in [3.05, 3.63) is 0 Å². The van der Waals surface area contributed by atoms with Gasteiger partial charge in [-0.25, -0.2) is 10.4 Å². The van der Waals surface area contributed by atoms with Crippen molar-refractivity contribution in [2.24, 2.45) is 11.3 Å². The minimum atomic E-state index is -0.297. The number of rotatable bonds is 2. The van der Waals surface area contributed by atoms with Crippen molar-refractivity contribution in [2.45, 2.75) is 27.0 Å². The van der Waals surface area contributed by atoms with Crippen LogP contribution in [-0.2, 0) is 9.53 Å². The van der Waals surface area contributed by atoms with Crippen molar-refractivity contribution in [1.29, 1.82) is 0 Å². The quantitative estimate of drug-likeness (QED) is 0.710. The second-order valence-corrected chi connectivity index (χ2v) is 4.89. The molecule has 82 valence electrons. The van der Waals surface area contributed by atoms with Crippen LogP contribution < -0.4 is 5.43 Å². The van der Waals surface area contributed by atoms with Crippen LogP contribution in [0.2, 0.25) is 0 Å². The number of Topliss-reactive ketones (excluding diaryl/α,β-unsaturated/α-hetero) is 1. The molecule has 1 aliphatic heterocycles. The molecule has 2 unspecified atom stereocenters. The molecule has 1 saturated heterocycles. The van der Waals surface area contributed by atoms with Crippen molar-refractivity contribution in [2.75, 3.05) is 20.7 Å². The first-order valence-corrected chi connectivity index (χ1v) is 4.90. The molecule has 0 aliphatic carbocycles. The van der Waals surface area contributed by atoms with Gasteiger partial charge in [-0.3, -0.25) is 4.79 Å². The smallest absolute Gasteiger partial charge is 0.146 e. The Hall–Kier alpha value is -0.450. The lowest BCUT2D eigenvalue weighted by atomic mass is 9.82. The number of nitrogens with one attached hydrogen (secondary N) is 1. The van der Waals surface area contributed by atoms with Crippen molar-refractivity contribution >= 4 is 5.78 Å². The molecule has 14 heavy (non-hydrogen) atoms. The van der Waals surface area contributed by atoms with E-state index in [0.717, 1.165) is 0 Å². The number of ether oxygens (including phenoxy) is 1. The van der Waals surface area contributed by atoms with E-state index in [0.29, 0.717) is 6.54 Å². The minimum Gasteiger partial charge on any atom is -0.365 e. The molecule has 0 aromatic rings. The molecule has 0 amide bonds. The van der Waals surface area contributed by atoms with Gasteiger partial charge in [-0.2, -0.15) is 0 Å². The van der Waals surface area contributed by atoms with E-state index in [1.807, 2.05) is 32.8 Å². The number of carbonyl (C=O) groups excluding carboxylic acids is 1. The van der Waals surface area contributed by atoms with Gasteiger partial charge < -0.3 is 4.74 Å². The molecule has 2 atom stereocenters. The summed E-state index contributed by atoms with van der Waals surface area (Å²) in [5.41, 5.74) is 2.80. The molecule has 1 aliphatic rings. The molecule has 0 bridgehead atoms. The Balaban J connectivity index is 2.72. The minimum absolute atomic E-state index is 0.0648. The van der Waals surface area contributed by atoms with Crippen molar-refractivity contribution in [3.63, 3.8) is 0 Å². The van der Waals surface area contributed by atoms with E-state index in [2.05, 4.69) is 5.43 Å². The molecule has 0 aromatic carbocycles. The van der Waals surface area contributed by atoms with Crippen LogP contribution in [0, 0.1) is 11.3 Å². The molecule has 4 nitrogen and oxygen atoms in total. The molecule has 4 heteroatoms. The molecule has 0 saturated carbocycles. The number of ketones is 1. The topological polar surface area (TPSA) is 41.6 Å². The van der Waals surface area contributed by atoms with Gasteiger partial charge in [0.2, 0.25) is 0 Å². The number of nitrogens with zero attached hydrogens (tertiary/aromatic N) is 1. The summed E-state index contributed by atoms with van der Waals surface area (Å²) in [6.45, 7) is 6.55. The SMILES string of the molecule is COC1NN(C)CC1C(=O)C(C)(C)C. The van der Waals surface area contributed by atoms with Gasteiger partial charge in [0.25, 0.3) is 0 Å². The first-order valence-electron chi connectivity index (χ1n) is 4.90. The predicted molar refractivity (Wildman–Crippen MR) is 54.5 cm³/mol. The van der Waals surface area contributed by atoms with Gasteiger partial charge >= 0.3 is 0 Å². The third kappa shape index (κ3) is 2.32. The maximum absolute atomic E-state index is 12.0. The summed E-state index contributed by atoms with van der Waals surface area (Å²) in [4.78, 5) is 12.0. The second-order valence-electron chi connectivity index (χ2n) is 4.89. The number of carbonyl (C=O) groups is 1. The Morgan fingerprint density at radius 1 is 1.50 bits per heavy atom. The van der Waals surface area contributed by atoms with Crippen LogP contribution in [0.25, 0.3) is 0 Å². The molecular weight excluding hydrogens is 180 g/mol. The summed E-state index contributed by atoms with van der Waals surface area (Å²) < 4.78 is 5.24. The van der Waals surface area contributed by atoms with Gasteiger partial charge in [-0.05, 0) is 0 Å². The van der Waals surface area contributed by atoms with Crippen molar-refractivity contribution in [1.82, 2.24) is 10.4 Å². The molecule has 0 aromatic heterocycles. The van der Waals surface area contributed by atoms with E-state index in [9.17, 15) is 4.79 Å². The fraction of sp³-hybridized carbons (Fsp3) is 0.900. The molecule has 1 N–H and O–H groups in total. The zero-order valence-electron chi connectivity index (χ0n) is 9.63. The van der Waals surface area contributed by atoms with Gasteiger partial charge in [0.1, 0.15) is 12.0 Å². The lowest BCUT2D eigenvalue weighted by Crippen LogP contribution is -2.39. The van der Waals surface area contributed by atoms with Gasteiger partial charge in [0.05, 0.1) is 5.92 Å². The van der Waals surface area contributed by atoms with Gasteiger partial charge in [-0.15, -0.1) is 0 Å². The number of hydrazine groups is 1. The van der Waals surface area contributed by atoms with Crippen molar-refractivity contribution < 1.29 is 9.53 Å². The number of hydrogen-bond acceptors (Lipinski definition) is 4. The molecule has 1 fully saturated rings. The highest BCUT2D eigenvalue weighted by atomic mass is 16.5. The van der Waals surface area contributed by atoms with Crippen LogP contribution in [0.4, 0.5) is 0 Å². The van der Waals surface area contributed by atoms with Crippen LogP contribution in [0.1, 0.15) is 20.8 Å². The van der Waals surface area contributed by atoms with E-state index < -0.39 is 0 Å². The highest BCUT2D eigenvalue weighted by Crippen LogP contribution is 2.25. The summed E-state index contributed by atoms with van der Waals surface area (Å²) in [6, 6.07) is 0. The summed E-state index contributed by atoms with van der Waals surface area (Å²) in [5, 5.41) is 1.91. The standard InChI is InChI=1S/C10H20N2O2/c1-10(2,3)8(13)7-6-12(4)11-9(7)14-5/h7,9,11H,6H2,1-5H3. The molecule has 1 heterocycles. The van der Waals surface area contributed by atoms with E-state index in [1.165, 1.54) is 0 Å². The molecule has 0 radical (unpaired) electrons. The van der Waals surface area contributed by atoms with Gasteiger partial charge in [0, 0.05) is 26.1 Å². The van der Waals surface area contributed by atoms with Crippen molar-refractivity contribution in [3.8, 4) is 0 Å². The van der Waals surface area contributed by atoms with Gasteiger partial charge in [-0.1, -0.05) is 20.8 Å². The van der Waals surface area contributed by atoms with Crippen LogP contribution in [0.3, 0.4) is 0 Å². The highest BCUT2D eigenvalue weighted by molar-refractivity contribution is 5.86. The summed E-state index contributed by atoms with van der Waals surface area (Å²) in [7, 11) is 3.54. The molecular formula is C10H20N2O2. The van der Waals surface area contributed by atoms with Crippen LogP contribution in [0.5, 0.6) is 0 Å². The Labute approximate surface area is 85.6 Å². The monoisotopic (exact) mass is 200 g/mol. The predicted octanol–water partition coefficient (Wildman–Crippen LogP) is 0.640. The van der Waals surface area contributed by atoms with Crippen LogP contribution in [0.15, 0.2) is 0 Å². The van der Waals surface area contributed by atoms with Crippen LogP contribution in [-0.4, -0.2) is 37.7 Å².